The van der Waals surface area contributed by atoms with Gasteiger partial charge in [0.25, 0.3) is 5.56 Å². The van der Waals surface area contributed by atoms with Crippen LogP contribution in [0.25, 0.3) is 27.1 Å². The van der Waals surface area contributed by atoms with Crippen molar-refractivity contribution in [2.45, 2.75) is 37.9 Å². The second-order valence-electron chi connectivity index (χ2n) is 7.17. The van der Waals surface area contributed by atoms with Gasteiger partial charge in [-0.25, -0.2) is 19.9 Å². The van der Waals surface area contributed by atoms with E-state index in [0.29, 0.717) is 21.2 Å². The molecular weight excluding hydrogens is 416 g/mol. The Bertz CT molecular complexity index is 1500. The molecule has 0 saturated heterocycles. The average Bonchev–Trinajstić information content (AvgIpc) is 3.29. The maximum Gasteiger partial charge on any atom is 0.267 e. The second-order valence-corrected chi connectivity index (χ2v) is 9.33. The van der Waals surface area contributed by atoms with Crippen molar-refractivity contribution in [1.29, 1.82) is 0 Å². The van der Waals surface area contributed by atoms with Crippen LogP contribution >= 0.6 is 23.1 Å². The van der Waals surface area contributed by atoms with Crippen LogP contribution in [-0.4, -0.2) is 29.5 Å². The molecule has 1 N–H and O–H groups in total. The van der Waals surface area contributed by atoms with Gasteiger partial charge in [-0.15, -0.1) is 11.3 Å². The number of hydrogen-bond acceptors (Lipinski definition) is 7. The number of nitrogens with zero attached hydrogens (tertiary/aromatic N) is 5. The first-order valence-corrected chi connectivity index (χ1v) is 11.0. The van der Waals surface area contributed by atoms with Gasteiger partial charge < -0.3 is 4.98 Å². The first kappa shape index (κ1) is 19.0. The molecule has 5 aromatic rings. The van der Waals surface area contributed by atoms with Crippen LogP contribution in [0.5, 0.6) is 0 Å². The molecule has 0 atom stereocenters. The fourth-order valence-corrected chi connectivity index (χ4v) is 5.53. The summed E-state index contributed by atoms with van der Waals surface area (Å²) in [6, 6.07) is 6.06. The zero-order valence-corrected chi connectivity index (χ0v) is 18.5. The summed E-state index contributed by atoms with van der Waals surface area (Å²) >= 11 is 2.88. The van der Waals surface area contributed by atoms with Crippen molar-refractivity contribution in [3.8, 4) is 5.69 Å². The second kappa shape index (κ2) is 7.03. The molecule has 0 bridgehead atoms. The van der Waals surface area contributed by atoms with Gasteiger partial charge in [0, 0.05) is 4.88 Å². The molecule has 0 unspecified atom stereocenters. The number of hydrogen-bond donors (Lipinski definition) is 1. The molecular formula is C21H18N6OS2. The normalized spacial score (nSPS) is 11.6. The maximum absolute atomic E-state index is 13.7. The fraction of sp³-hybridized carbons (Fsp3) is 0.190. The predicted octanol–water partition coefficient (Wildman–Crippen LogP) is 4.50. The molecule has 0 aliphatic carbocycles. The molecule has 0 aliphatic rings. The molecule has 1 aromatic carbocycles. The maximum atomic E-state index is 13.7. The van der Waals surface area contributed by atoms with Crippen LogP contribution < -0.4 is 5.56 Å². The van der Waals surface area contributed by atoms with Crippen molar-refractivity contribution in [2.24, 2.45) is 0 Å². The van der Waals surface area contributed by atoms with E-state index in [1.54, 1.807) is 22.2 Å². The molecule has 4 heterocycles. The van der Waals surface area contributed by atoms with Crippen molar-refractivity contribution in [1.82, 2.24) is 29.5 Å². The summed E-state index contributed by atoms with van der Waals surface area (Å²) in [5, 5.41) is 1.92. The number of nitrogens with one attached hydrogen (secondary N) is 1. The molecule has 150 valence electrons. The van der Waals surface area contributed by atoms with E-state index in [9.17, 15) is 4.79 Å². The van der Waals surface area contributed by atoms with Gasteiger partial charge in [-0.1, -0.05) is 17.7 Å². The van der Waals surface area contributed by atoms with Crippen molar-refractivity contribution in [3.63, 3.8) is 0 Å². The van der Waals surface area contributed by atoms with E-state index in [1.165, 1.54) is 18.1 Å². The Kier molecular flexibility index (Phi) is 4.44. The molecule has 0 spiro atoms. The van der Waals surface area contributed by atoms with Crippen molar-refractivity contribution in [3.05, 3.63) is 62.8 Å². The third-order valence-electron chi connectivity index (χ3n) is 5.14. The Morgan fingerprint density at radius 3 is 2.73 bits per heavy atom. The van der Waals surface area contributed by atoms with Crippen molar-refractivity contribution >= 4 is 44.5 Å². The van der Waals surface area contributed by atoms with E-state index in [4.69, 9.17) is 4.98 Å². The number of aromatic amines is 1. The molecule has 0 radical (unpaired) electrons. The van der Waals surface area contributed by atoms with E-state index < -0.39 is 0 Å². The lowest BCUT2D eigenvalue weighted by atomic mass is 10.1. The van der Waals surface area contributed by atoms with E-state index in [-0.39, 0.29) is 5.56 Å². The van der Waals surface area contributed by atoms with Crippen molar-refractivity contribution in [2.75, 3.05) is 0 Å². The van der Waals surface area contributed by atoms with Gasteiger partial charge in [-0.3, -0.25) is 9.36 Å². The quantitative estimate of drug-likeness (QED) is 0.332. The van der Waals surface area contributed by atoms with Crippen LogP contribution in [0.1, 0.15) is 21.6 Å². The summed E-state index contributed by atoms with van der Waals surface area (Å²) < 4.78 is 1.70. The smallest absolute Gasteiger partial charge is 0.267 e. The number of aryl methyl sites for hydroxylation is 4. The minimum absolute atomic E-state index is 0.0637. The molecule has 7 nitrogen and oxygen atoms in total. The van der Waals surface area contributed by atoms with Gasteiger partial charge in [-0.2, -0.15) is 0 Å². The summed E-state index contributed by atoms with van der Waals surface area (Å²) in [7, 11) is 0. The first-order valence-electron chi connectivity index (χ1n) is 9.36. The lowest BCUT2D eigenvalue weighted by molar-refractivity contribution is 0.814. The highest BCUT2D eigenvalue weighted by molar-refractivity contribution is 7.99. The van der Waals surface area contributed by atoms with Gasteiger partial charge in [0.1, 0.15) is 21.7 Å². The summed E-state index contributed by atoms with van der Waals surface area (Å²) in [5.41, 5.74) is 5.20. The van der Waals surface area contributed by atoms with Crippen LogP contribution in [-0.2, 0) is 0 Å². The van der Waals surface area contributed by atoms with E-state index in [1.807, 2.05) is 39.8 Å². The number of aromatic nitrogens is 6. The minimum Gasteiger partial charge on any atom is -0.341 e. The number of benzene rings is 1. The summed E-state index contributed by atoms with van der Waals surface area (Å²) in [5.74, 6) is 0. The highest BCUT2D eigenvalue weighted by Crippen LogP contribution is 2.34. The Labute approximate surface area is 180 Å². The van der Waals surface area contributed by atoms with Crippen LogP contribution in [0.4, 0.5) is 0 Å². The zero-order chi connectivity index (χ0) is 21.0. The first-order chi connectivity index (χ1) is 14.4. The van der Waals surface area contributed by atoms with Crippen LogP contribution in [0, 0.1) is 27.7 Å². The van der Waals surface area contributed by atoms with E-state index >= 15 is 0 Å². The van der Waals surface area contributed by atoms with Gasteiger partial charge in [0.15, 0.2) is 10.8 Å². The van der Waals surface area contributed by atoms with Crippen molar-refractivity contribution < 1.29 is 0 Å². The number of imidazole rings is 1. The molecule has 4 aromatic heterocycles. The van der Waals surface area contributed by atoms with Crippen LogP contribution in [0.3, 0.4) is 0 Å². The molecule has 5 rings (SSSR count). The average molecular weight is 435 g/mol. The van der Waals surface area contributed by atoms with Gasteiger partial charge in [0.2, 0.25) is 0 Å². The summed E-state index contributed by atoms with van der Waals surface area (Å²) in [6.45, 7) is 8.05. The van der Waals surface area contributed by atoms with Crippen LogP contribution in [0.2, 0.25) is 0 Å². The molecule has 0 aliphatic heterocycles. The topological polar surface area (TPSA) is 89.3 Å². The summed E-state index contributed by atoms with van der Waals surface area (Å²) in [6.07, 6.45) is 3.06. The minimum atomic E-state index is -0.0637. The zero-order valence-electron chi connectivity index (χ0n) is 16.8. The number of H-pyrrole nitrogens is 1. The standard InChI is InChI=1S/C21H18N6OS2/c1-10-5-6-14(11(2)7-10)27-20(28)15-12(3)13(4)29-18(15)26-21(27)30-19-16-17(23-8-22-16)24-9-25-19/h5-9H,1-4H3,(H,22,23,24,25). The SMILES string of the molecule is Cc1ccc(-n2c(Sc3ncnc4nc[nH]c34)nc3sc(C)c(C)c3c2=O)c(C)c1. The third-order valence-corrected chi connectivity index (χ3v) is 7.20. The Hall–Kier alpha value is -3.04. The molecule has 0 amide bonds. The summed E-state index contributed by atoms with van der Waals surface area (Å²) in [4.78, 5) is 36.3. The monoisotopic (exact) mass is 434 g/mol. The predicted molar refractivity (Wildman–Crippen MR) is 120 cm³/mol. The Morgan fingerprint density at radius 1 is 1.10 bits per heavy atom. The largest absolute Gasteiger partial charge is 0.341 e. The van der Waals surface area contributed by atoms with Gasteiger partial charge in [0.05, 0.1) is 17.4 Å². The molecule has 0 fully saturated rings. The lowest BCUT2D eigenvalue weighted by Crippen LogP contribution is -2.22. The van der Waals surface area contributed by atoms with E-state index in [0.717, 1.165) is 37.6 Å². The van der Waals surface area contributed by atoms with E-state index in [2.05, 4.69) is 26.0 Å². The highest BCUT2D eigenvalue weighted by atomic mass is 32.2. The van der Waals surface area contributed by atoms with Crippen LogP contribution in [0.15, 0.2) is 45.8 Å². The Balaban J connectivity index is 1.82. The third kappa shape index (κ3) is 2.93. The van der Waals surface area contributed by atoms with Gasteiger partial charge >= 0.3 is 0 Å². The fourth-order valence-electron chi connectivity index (χ4n) is 3.52. The Morgan fingerprint density at radius 2 is 1.93 bits per heavy atom. The molecule has 0 saturated carbocycles. The number of fused-ring (bicyclic) bond motifs is 2. The lowest BCUT2D eigenvalue weighted by Gasteiger charge is -2.14. The van der Waals surface area contributed by atoms with Gasteiger partial charge in [-0.05, 0) is 56.7 Å². The highest BCUT2D eigenvalue weighted by Gasteiger charge is 2.21. The number of rotatable bonds is 3. The molecule has 30 heavy (non-hydrogen) atoms. The number of thiophene rings is 1. The molecule has 9 heteroatoms.